The van der Waals surface area contributed by atoms with E-state index in [0.717, 1.165) is 5.56 Å². The van der Waals surface area contributed by atoms with E-state index in [4.69, 9.17) is 29.0 Å². The van der Waals surface area contributed by atoms with Crippen LogP contribution in [0.2, 0.25) is 10.0 Å². The molecule has 0 radical (unpaired) electrons. The van der Waals surface area contributed by atoms with Crippen molar-refractivity contribution in [2.45, 2.75) is 25.3 Å². The number of halogens is 2. The van der Waals surface area contributed by atoms with Crippen LogP contribution in [0, 0.1) is 5.92 Å². The second-order valence-electron chi connectivity index (χ2n) is 4.00. The lowest BCUT2D eigenvalue weighted by Gasteiger charge is -2.34. The Labute approximate surface area is 99.7 Å². The summed E-state index contributed by atoms with van der Waals surface area (Å²) in [6, 6.07) is 5.73. The third-order valence-electron chi connectivity index (χ3n) is 3.10. The summed E-state index contributed by atoms with van der Waals surface area (Å²) in [6.07, 6.45) is 3.72. The van der Waals surface area contributed by atoms with Gasteiger partial charge in [0, 0.05) is 10.0 Å². The van der Waals surface area contributed by atoms with Gasteiger partial charge >= 0.3 is 0 Å². The molecular weight excluding hydrogens is 231 g/mol. The first kappa shape index (κ1) is 11.2. The van der Waals surface area contributed by atoms with Gasteiger partial charge in [-0.15, -0.1) is 0 Å². The molecule has 0 saturated heterocycles. The summed E-state index contributed by atoms with van der Waals surface area (Å²) in [5.41, 5.74) is 3.90. The summed E-state index contributed by atoms with van der Waals surface area (Å²) in [7, 11) is 0. The smallest absolute Gasteiger partial charge is 0.0502 e. The van der Waals surface area contributed by atoms with E-state index in [1.54, 1.807) is 6.07 Å². The first-order valence-corrected chi connectivity index (χ1v) is 5.89. The molecule has 1 atom stereocenters. The number of hydrazine groups is 1. The molecule has 0 amide bonds. The summed E-state index contributed by atoms with van der Waals surface area (Å²) in [5, 5.41) is 1.35. The fourth-order valence-corrected chi connectivity index (χ4v) is 2.53. The maximum Gasteiger partial charge on any atom is 0.0502 e. The lowest BCUT2D eigenvalue weighted by molar-refractivity contribution is 0.232. The summed E-state index contributed by atoms with van der Waals surface area (Å²) in [5.74, 6) is 6.19. The molecule has 1 unspecified atom stereocenters. The van der Waals surface area contributed by atoms with E-state index in [0.29, 0.717) is 16.0 Å². The van der Waals surface area contributed by atoms with Crippen LogP contribution in [0.15, 0.2) is 18.2 Å². The molecule has 0 heterocycles. The zero-order valence-corrected chi connectivity index (χ0v) is 9.85. The molecule has 1 fully saturated rings. The Balaban J connectivity index is 2.25. The van der Waals surface area contributed by atoms with Crippen LogP contribution >= 0.6 is 23.2 Å². The molecule has 0 aliphatic heterocycles. The molecule has 1 aliphatic rings. The van der Waals surface area contributed by atoms with Crippen LogP contribution < -0.4 is 11.3 Å². The Bertz CT molecular complexity index is 350. The zero-order valence-electron chi connectivity index (χ0n) is 8.34. The van der Waals surface area contributed by atoms with Crippen molar-refractivity contribution in [2.24, 2.45) is 11.8 Å². The Hall–Kier alpha value is -0.280. The van der Waals surface area contributed by atoms with Gasteiger partial charge in [-0.3, -0.25) is 11.3 Å². The van der Waals surface area contributed by atoms with E-state index in [1.165, 1.54) is 19.3 Å². The number of hydrogen-bond donors (Lipinski definition) is 2. The zero-order chi connectivity index (χ0) is 10.8. The fraction of sp³-hybridized carbons (Fsp3) is 0.455. The van der Waals surface area contributed by atoms with Crippen LogP contribution in [0.1, 0.15) is 30.9 Å². The van der Waals surface area contributed by atoms with Gasteiger partial charge in [0.05, 0.1) is 6.04 Å². The summed E-state index contributed by atoms with van der Waals surface area (Å²) in [4.78, 5) is 0. The van der Waals surface area contributed by atoms with E-state index in [-0.39, 0.29) is 6.04 Å². The van der Waals surface area contributed by atoms with Crippen LogP contribution in [0.25, 0.3) is 0 Å². The Morgan fingerprint density at radius 2 is 2.07 bits per heavy atom. The van der Waals surface area contributed by atoms with Gasteiger partial charge in [-0.2, -0.15) is 0 Å². The van der Waals surface area contributed by atoms with Crippen molar-refractivity contribution in [1.29, 1.82) is 0 Å². The Morgan fingerprint density at radius 1 is 1.33 bits per heavy atom. The monoisotopic (exact) mass is 244 g/mol. The lowest BCUT2D eigenvalue weighted by atomic mass is 9.77. The molecular formula is C11H14Cl2N2. The molecule has 2 nitrogen and oxygen atoms in total. The van der Waals surface area contributed by atoms with Gasteiger partial charge in [0.25, 0.3) is 0 Å². The highest BCUT2D eigenvalue weighted by Crippen LogP contribution is 2.39. The molecule has 0 spiro atoms. The Kier molecular flexibility index (Phi) is 3.52. The quantitative estimate of drug-likeness (QED) is 0.633. The van der Waals surface area contributed by atoms with Gasteiger partial charge in [-0.1, -0.05) is 35.7 Å². The van der Waals surface area contributed by atoms with Crippen molar-refractivity contribution in [3.8, 4) is 0 Å². The molecule has 3 N–H and O–H groups in total. The van der Waals surface area contributed by atoms with Gasteiger partial charge in [0.15, 0.2) is 0 Å². The predicted octanol–water partition coefficient (Wildman–Crippen LogP) is 3.30. The normalized spacial score (nSPS) is 18.6. The van der Waals surface area contributed by atoms with Gasteiger partial charge in [0.2, 0.25) is 0 Å². The molecule has 2 rings (SSSR count). The maximum atomic E-state index is 6.15. The van der Waals surface area contributed by atoms with Gasteiger partial charge < -0.3 is 0 Å². The van der Waals surface area contributed by atoms with Crippen molar-refractivity contribution in [1.82, 2.24) is 5.43 Å². The molecule has 1 aromatic rings. The standard InChI is InChI=1S/C11H14Cl2N2/c12-8-4-5-9(10(13)6-8)11(15-14)7-2-1-3-7/h4-7,11,15H,1-3,14H2. The number of rotatable bonds is 3. The first-order chi connectivity index (χ1) is 7.22. The van der Waals surface area contributed by atoms with Crippen LogP contribution in [-0.4, -0.2) is 0 Å². The lowest BCUT2D eigenvalue weighted by Crippen LogP contribution is -2.36. The topological polar surface area (TPSA) is 38.0 Å². The van der Waals surface area contributed by atoms with E-state index in [1.807, 2.05) is 12.1 Å². The van der Waals surface area contributed by atoms with E-state index >= 15 is 0 Å². The second-order valence-corrected chi connectivity index (χ2v) is 4.84. The maximum absolute atomic E-state index is 6.15. The number of nitrogens with one attached hydrogen (secondary N) is 1. The number of nitrogens with two attached hydrogens (primary N) is 1. The van der Waals surface area contributed by atoms with Gasteiger partial charge in [-0.05, 0) is 36.5 Å². The van der Waals surface area contributed by atoms with E-state index < -0.39 is 0 Å². The van der Waals surface area contributed by atoms with Gasteiger partial charge in [-0.25, -0.2) is 0 Å². The Morgan fingerprint density at radius 3 is 2.53 bits per heavy atom. The molecule has 0 bridgehead atoms. The van der Waals surface area contributed by atoms with Crippen molar-refractivity contribution < 1.29 is 0 Å². The molecule has 1 aromatic carbocycles. The average Bonchev–Trinajstić information content (AvgIpc) is 2.12. The molecule has 82 valence electrons. The van der Waals surface area contributed by atoms with Gasteiger partial charge in [0.1, 0.15) is 0 Å². The molecule has 0 aromatic heterocycles. The highest BCUT2D eigenvalue weighted by Gasteiger charge is 2.28. The fourth-order valence-electron chi connectivity index (χ4n) is 2.01. The predicted molar refractivity (Wildman–Crippen MR) is 63.9 cm³/mol. The molecule has 1 saturated carbocycles. The molecule has 1 aliphatic carbocycles. The van der Waals surface area contributed by atoms with Crippen molar-refractivity contribution in [3.05, 3.63) is 33.8 Å². The number of hydrogen-bond acceptors (Lipinski definition) is 2. The van der Waals surface area contributed by atoms with Crippen molar-refractivity contribution in [3.63, 3.8) is 0 Å². The van der Waals surface area contributed by atoms with E-state index in [9.17, 15) is 0 Å². The largest absolute Gasteiger partial charge is 0.271 e. The summed E-state index contributed by atoms with van der Waals surface area (Å²) >= 11 is 12.0. The van der Waals surface area contributed by atoms with Crippen molar-refractivity contribution >= 4 is 23.2 Å². The van der Waals surface area contributed by atoms with Crippen molar-refractivity contribution in [2.75, 3.05) is 0 Å². The first-order valence-electron chi connectivity index (χ1n) is 5.13. The second kappa shape index (κ2) is 4.71. The van der Waals surface area contributed by atoms with Crippen LogP contribution in [0.4, 0.5) is 0 Å². The van der Waals surface area contributed by atoms with E-state index in [2.05, 4.69) is 5.43 Å². The summed E-state index contributed by atoms with van der Waals surface area (Å²) in [6.45, 7) is 0. The highest BCUT2D eigenvalue weighted by molar-refractivity contribution is 6.35. The van der Waals surface area contributed by atoms with Crippen LogP contribution in [0.5, 0.6) is 0 Å². The molecule has 15 heavy (non-hydrogen) atoms. The minimum atomic E-state index is 0.156. The average molecular weight is 245 g/mol. The third kappa shape index (κ3) is 2.28. The highest BCUT2D eigenvalue weighted by atomic mass is 35.5. The van der Waals surface area contributed by atoms with Crippen LogP contribution in [0.3, 0.4) is 0 Å². The minimum absolute atomic E-state index is 0.156. The minimum Gasteiger partial charge on any atom is -0.271 e. The summed E-state index contributed by atoms with van der Waals surface area (Å²) < 4.78 is 0. The molecule has 4 heteroatoms. The van der Waals surface area contributed by atoms with Crippen LogP contribution in [-0.2, 0) is 0 Å². The number of benzene rings is 1. The SMILES string of the molecule is NNC(c1ccc(Cl)cc1Cl)C1CCC1. The third-order valence-corrected chi connectivity index (χ3v) is 3.66.